The van der Waals surface area contributed by atoms with Gasteiger partial charge in [0.2, 0.25) is 0 Å². The lowest BCUT2D eigenvalue weighted by molar-refractivity contribution is 0.294. The summed E-state index contributed by atoms with van der Waals surface area (Å²) < 4.78 is 0. The summed E-state index contributed by atoms with van der Waals surface area (Å²) in [5, 5.41) is 3.48. The molecule has 0 amide bonds. The van der Waals surface area contributed by atoms with Gasteiger partial charge in [-0.15, -0.1) is 0 Å². The van der Waals surface area contributed by atoms with E-state index in [-0.39, 0.29) is 5.41 Å². The van der Waals surface area contributed by atoms with Crippen molar-refractivity contribution in [2.24, 2.45) is 11.1 Å². The Balaban J connectivity index is 2.01. The molecule has 0 atom stereocenters. The van der Waals surface area contributed by atoms with Crippen LogP contribution in [-0.2, 0) is 12.8 Å². The number of rotatable bonds is 6. The standard InChI is InChI=1S/C15H25N3/c1-3-15(4-2,10-16)11-17-14-9-8-12-6-5-7-13(12)18-14/h8-9H,3-7,10-11,16H2,1-2H3,(H,17,18). The summed E-state index contributed by atoms with van der Waals surface area (Å²) in [6.07, 6.45) is 5.80. The fourth-order valence-corrected chi connectivity index (χ4v) is 2.66. The van der Waals surface area contributed by atoms with Crippen LogP contribution in [0.4, 0.5) is 5.82 Å². The van der Waals surface area contributed by atoms with Gasteiger partial charge >= 0.3 is 0 Å². The maximum Gasteiger partial charge on any atom is 0.126 e. The lowest BCUT2D eigenvalue weighted by Crippen LogP contribution is -2.36. The zero-order valence-electron chi connectivity index (χ0n) is 11.6. The molecule has 1 aromatic rings. The summed E-state index contributed by atoms with van der Waals surface area (Å²) >= 11 is 0. The second-order valence-corrected chi connectivity index (χ2v) is 5.42. The van der Waals surface area contributed by atoms with Crippen LogP contribution in [-0.4, -0.2) is 18.1 Å². The number of fused-ring (bicyclic) bond motifs is 1. The predicted octanol–water partition coefficient (Wildman–Crippen LogP) is 2.75. The predicted molar refractivity (Wildman–Crippen MR) is 76.8 cm³/mol. The highest BCUT2D eigenvalue weighted by molar-refractivity contribution is 5.40. The van der Waals surface area contributed by atoms with Gasteiger partial charge in [-0.2, -0.15) is 0 Å². The summed E-state index contributed by atoms with van der Waals surface area (Å²) in [5.74, 6) is 1.01. The van der Waals surface area contributed by atoms with E-state index in [2.05, 4.69) is 31.3 Å². The SMILES string of the molecule is CCC(CC)(CN)CNc1ccc2c(n1)CCC2. The first kappa shape index (κ1) is 13.3. The first-order chi connectivity index (χ1) is 8.73. The highest BCUT2D eigenvalue weighted by atomic mass is 15.0. The van der Waals surface area contributed by atoms with Gasteiger partial charge in [0, 0.05) is 12.2 Å². The van der Waals surface area contributed by atoms with E-state index in [1.807, 2.05) is 0 Å². The Bertz CT molecular complexity index is 388. The summed E-state index contributed by atoms with van der Waals surface area (Å²) in [5.41, 5.74) is 8.84. The number of nitrogens with two attached hydrogens (primary N) is 1. The zero-order valence-corrected chi connectivity index (χ0v) is 11.6. The number of pyridine rings is 1. The minimum absolute atomic E-state index is 0.209. The number of aryl methyl sites for hydroxylation is 2. The largest absolute Gasteiger partial charge is 0.369 e. The van der Waals surface area contributed by atoms with E-state index in [9.17, 15) is 0 Å². The van der Waals surface area contributed by atoms with Crippen molar-refractivity contribution >= 4 is 5.82 Å². The number of anilines is 1. The zero-order chi connectivity index (χ0) is 13.0. The minimum atomic E-state index is 0.209. The molecule has 0 aliphatic heterocycles. The minimum Gasteiger partial charge on any atom is -0.369 e. The maximum absolute atomic E-state index is 5.92. The Hall–Kier alpha value is -1.09. The average Bonchev–Trinajstić information content (AvgIpc) is 2.88. The molecule has 1 aromatic heterocycles. The van der Waals surface area contributed by atoms with Crippen LogP contribution in [0.2, 0.25) is 0 Å². The van der Waals surface area contributed by atoms with Crippen LogP contribution in [0.1, 0.15) is 44.4 Å². The smallest absolute Gasteiger partial charge is 0.126 e. The Morgan fingerprint density at radius 2 is 2.06 bits per heavy atom. The van der Waals surface area contributed by atoms with Crippen molar-refractivity contribution in [3.63, 3.8) is 0 Å². The lowest BCUT2D eigenvalue weighted by atomic mass is 9.82. The molecule has 1 aliphatic carbocycles. The number of hydrogen-bond acceptors (Lipinski definition) is 3. The number of nitrogens with one attached hydrogen (secondary N) is 1. The quantitative estimate of drug-likeness (QED) is 0.812. The third-order valence-corrected chi connectivity index (χ3v) is 4.51. The van der Waals surface area contributed by atoms with Crippen molar-refractivity contribution < 1.29 is 0 Å². The average molecular weight is 247 g/mol. The molecule has 0 saturated heterocycles. The summed E-state index contributed by atoms with van der Waals surface area (Å²) in [4.78, 5) is 4.71. The Kier molecular flexibility index (Phi) is 4.23. The van der Waals surface area contributed by atoms with E-state index >= 15 is 0 Å². The normalized spacial score (nSPS) is 14.6. The maximum atomic E-state index is 5.92. The molecule has 18 heavy (non-hydrogen) atoms. The Morgan fingerprint density at radius 1 is 1.28 bits per heavy atom. The van der Waals surface area contributed by atoms with E-state index < -0.39 is 0 Å². The van der Waals surface area contributed by atoms with Crippen LogP contribution < -0.4 is 11.1 Å². The molecule has 0 fully saturated rings. The number of hydrogen-bond donors (Lipinski definition) is 2. The van der Waals surface area contributed by atoms with Gasteiger partial charge < -0.3 is 11.1 Å². The van der Waals surface area contributed by atoms with E-state index in [1.54, 1.807) is 0 Å². The molecule has 0 spiro atoms. The molecule has 2 rings (SSSR count). The van der Waals surface area contributed by atoms with Gasteiger partial charge in [-0.25, -0.2) is 4.98 Å². The van der Waals surface area contributed by atoms with E-state index in [1.165, 1.54) is 24.1 Å². The van der Waals surface area contributed by atoms with Crippen molar-refractivity contribution in [3.05, 3.63) is 23.4 Å². The summed E-state index contributed by atoms with van der Waals surface area (Å²) in [6, 6.07) is 4.33. The van der Waals surface area contributed by atoms with Gasteiger partial charge in [0.25, 0.3) is 0 Å². The van der Waals surface area contributed by atoms with Crippen molar-refractivity contribution in [1.82, 2.24) is 4.98 Å². The van der Waals surface area contributed by atoms with Gasteiger partial charge in [0.15, 0.2) is 0 Å². The van der Waals surface area contributed by atoms with Crippen LogP contribution in [0, 0.1) is 5.41 Å². The lowest BCUT2D eigenvalue weighted by Gasteiger charge is -2.30. The summed E-state index contributed by atoms with van der Waals surface area (Å²) in [6.45, 7) is 6.09. The fraction of sp³-hybridized carbons (Fsp3) is 0.667. The van der Waals surface area contributed by atoms with Gasteiger partial charge in [-0.3, -0.25) is 0 Å². The molecule has 1 heterocycles. The van der Waals surface area contributed by atoms with Gasteiger partial charge in [-0.05, 0) is 55.7 Å². The molecule has 100 valence electrons. The molecule has 1 aliphatic rings. The van der Waals surface area contributed by atoms with Crippen LogP contribution in [0.25, 0.3) is 0 Å². The molecular formula is C15H25N3. The molecule has 3 nitrogen and oxygen atoms in total. The van der Waals surface area contributed by atoms with Gasteiger partial charge in [0.1, 0.15) is 5.82 Å². The number of aromatic nitrogens is 1. The van der Waals surface area contributed by atoms with E-state index in [0.717, 1.165) is 38.2 Å². The molecule has 0 aromatic carbocycles. The van der Waals surface area contributed by atoms with Gasteiger partial charge in [0.05, 0.1) is 0 Å². The first-order valence-electron chi connectivity index (χ1n) is 7.16. The molecule has 3 N–H and O–H groups in total. The van der Waals surface area contributed by atoms with E-state index in [0.29, 0.717) is 0 Å². The molecule has 0 radical (unpaired) electrons. The van der Waals surface area contributed by atoms with Crippen molar-refractivity contribution in [2.45, 2.75) is 46.0 Å². The first-order valence-corrected chi connectivity index (χ1v) is 7.16. The van der Waals surface area contributed by atoms with Crippen LogP contribution in [0.3, 0.4) is 0 Å². The Labute approximate surface area is 110 Å². The molecular weight excluding hydrogens is 222 g/mol. The third-order valence-electron chi connectivity index (χ3n) is 4.51. The molecule has 3 heteroatoms. The highest BCUT2D eigenvalue weighted by Crippen LogP contribution is 2.26. The van der Waals surface area contributed by atoms with Crippen molar-refractivity contribution in [2.75, 3.05) is 18.4 Å². The second-order valence-electron chi connectivity index (χ2n) is 5.42. The van der Waals surface area contributed by atoms with Crippen molar-refractivity contribution in [3.8, 4) is 0 Å². The van der Waals surface area contributed by atoms with Crippen LogP contribution >= 0.6 is 0 Å². The molecule has 0 unspecified atom stereocenters. The molecule has 0 saturated carbocycles. The van der Waals surface area contributed by atoms with Crippen LogP contribution in [0.5, 0.6) is 0 Å². The Morgan fingerprint density at radius 3 is 2.72 bits per heavy atom. The molecule has 0 bridgehead atoms. The third kappa shape index (κ3) is 2.66. The van der Waals surface area contributed by atoms with Crippen molar-refractivity contribution in [1.29, 1.82) is 0 Å². The fourth-order valence-electron chi connectivity index (χ4n) is 2.66. The highest BCUT2D eigenvalue weighted by Gasteiger charge is 2.24. The van der Waals surface area contributed by atoms with E-state index in [4.69, 9.17) is 10.7 Å². The monoisotopic (exact) mass is 247 g/mol. The number of nitrogens with zero attached hydrogens (tertiary/aromatic N) is 1. The summed E-state index contributed by atoms with van der Waals surface area (Å²) in [7, 11) is 0. The second kappa shape index (κ2) is 5.70. The topological polar surface area (TPSA) is 50.9 Å². The van der Waals surface area contributed by atoms with Gasteiger partial charge in [-0.1, -0.05) is 19.9 Å². The van der Waals surface area contributed by atoms with Crippen LogP contribution in [0.15, 0.2) is 12.1 Å².